The number of aryl methyl sites for hydroxylation is 1. The molecular formula is C38H63N4O11S2+. The summed E-state index contributed by atoms with van der Waals surface area (Å²) in [6.45, 7) is 25.0. The zero-order chi connectivity index (χ0) is 41.1. The number of unbranched alkanes of at least 4 members (excludes halogenated alkanes) is 1. The van der Waals surface area contributed by atoms with Crippen LogP contribution in [0.1, 0.15) is 80.7 Å². The third-order valence-corrected chi connectivity index (χ3v) is 10.9. The van der Waals surface area contributed by atoms with Gasteiger partial charge >= 0.3 is 12.1 Å². The first-order valence-corrected chi connectivity index (χ1v) is 21.5. The highest BCUT2D eigenvalue weighted by atomic mass is 32.2. The van der Waals surface area contributed by atoms with Gasteiger partial charge in [-0.25, -0.2) is 4.79 Å². The Balaban J connectivity index is 0.00000487. The molecule has 0 radical (unpaired) electrons. The van der Waals surface area contributed by atoms with Gasteiger partial charge in [0, 0.05) is 24.3 Å². The number of hydrogen-bond acceptors (Lipinski definition) is 14. The predicted molar refractivity (Wildman–Crippen MR) is 212 cm³/mol. The molecule has 1 heterocycles. The van der Waals surface area contributed by atoms with Crippen LogP contribution >= 0.6 is 11.3 Å². The molecule has 0 saturated carbocycles. The van der Waals surface area contributed by atoms with Gasteiger partial charge in [0.1, 0.15) is 22.2 Å². The number of likely N-dealkylation sites (N-methyl/N-ethyl adjacent to an activating group) is 2. The van der Waals surface area contributed by atoms with E-state index in [-0.39, 0.29) is 23.2 Å². The van der Waals surface area contributed by atoms with Crippen LogP contribution in [-0.2, 0) is 55.6 Å². The Kier molecular flexibility index (Phi) is 25.7. The molecule has 2 aromatic rings. The molecule has 1 aromatic carbocycles. The zero-order valence-corrected chi connectivity index (χ0v) is 35.4. The van der Waals surface area contributed by atoms with Crippen LogP contribution in [-0.4, -0.2) is 128 Å². The van der Waals surface area contributed by atoms with E-state index < -0.39 is 21.8 Å². The number of thiophene rings is 1. The molecule has 0 aliphatic heterocycles. The molecule has 55 heavy (non-hydrogen) atoms. The summed E-state index contributed by atoms with van der Waals surface area (Å²) in [6.07, 6.45) is 3.13. The lowest BCUT2D eigenvalue weighted by Crippen LogP contribution is -2.50. The van der Waals surface area contributed by atoms with Crippen LogP contribution in [0.15, 0.2) is 28.4 Å². The Hall–Kier alpha value is -3.12. The normalized spacial score (nSPS) is 11.7. The molecule has 312 valence electrons. The molecule has 0 saturated heterocycles. The smallest absolute Gasteiger partial charge is 0.373 e. The summed E-state index contributed by atoms with van der Waals surface area (Å²) in [5.74, 6) is -1.35. The van der Waals surface area contributed by atoms with Crippen molar-refractivity contribution in [2.45, 2.75) is 73.5 Å². The summed E-state index contributed by atoms with van der Waals surface area (Å²) in [5, 5.41) is 9.22. The van der Waals surface area contributed by atoms with Crippen molar-refractivity contribution in [1.29, 1.82) is 0 Å². The summed E-state index contributed by atoms with van der Waals surface area (Å²) in [5.41, 5.74) is 3.30. The Morgan fingerprint density at radius 1 is 0.855 bits per heavy atom. The van der Waals surface area contributed by atoms with Crippen molar-refractivity contribution < 1.29 is 55.5 Å². The Morgan fingerprint density at radius 2 is 1.44 bits per heavy atom. The Bertz CT molecular complexity index is 1560. The standard InChI is InChI=1S/C37H62N4O9S2.CO2/c1-8-14-18-41(11-4,12-5)19-21-47-23-25-49-27-26-48-24-22-46-20-17-40(10-3)31-15-16-34(30(7)28-31)38-39-36-32(9-2)33(29-52(43,44)45)35(51-36)37(42)50-13-6;2-1-3/h15-16,28H,8-14,17-27,29H2,1-7H3;/p+1. The van der Waals surface area contributed by atoms with E-state index in [9.17, 15) is 17.8 Å². The van der Waals surface area contributed by atoms with E-state index in [1.807, 2.05) is 32.0 Å². The number of carbonyl (C=O) groups is 1. The number of azo groups is 1. The van der Waals surface area contributed by atoms with Gasteiger partial charge in [0.2, 0.25) is 0 Å². The van der Waals surface area contributed by atoms with Crippen molar-refractivity contribution in [2.24, 2.45) is 10.2 Å². The molecule has 0 fully saturated rings. The first-order valence-electron chi connectivity index (χ1n) is 19.1. The molecular weight excluding hydrogens is 753 g/mol. The second-order valence-electron chi connectivity index (χ2n) is 12.6. The number of hydrogen-bond donors (Lipinski definition) is 1. The quantitative estimate of drug-likeness (QED) is 0.0308. The van der Waals surface area contributed by atoms with Crippen LogP contribution < -0.4 is 4.90 Å². The van der Waals surface area contributed by atoms with Crippen LogP contribution in [0, 0.1) is 6.92 Å². The highest BCUT2D eigenvalue weighted by molar-refractivity contribution is 7.85. The average molecular weight is 816 g/mol. The topological polar surface area (TPSA) is 180 Å². The van der Waals surface area contributed by atoms with Crippen molar-refractivity contribution in [1.82, 2.24) is 0 Å². The second-order valence-corrected chi connectivity index (χ2v) is 15.0. The van der Waals surface area contributed by atoms with E-state index >= 15 is 0 Å². The van der Waals surface area contributed by atoms with Crippen molar-refractivity contribution in [3.05, 3.63) is 39.8 Å². The summed E-state index contributed by atoms with van der Waals surface area (Å²) < 4.78 is 62.1. The van der Waals surface area contributed by atoms with E-state index in [0.717, 1.165) is 59.9 Å². The summed E-state index contributed by atoms with van der Waals surface area (Å²) in [4.78, 5) is 31.1. The van der Waals surface area contributed by atoms with Crippen LogP contribution in [0.2, 0.25) is 0 Å². The minimum absolute atomic E-state index is 0.105. The third-order valence-electron chi connectivity index (χ3n) is 9.07. The molecule has 17 heteroatoms. The van der Waals surface area contributed by atoms with Gasteiger partial charge in [0.05, 0.1) is 84.8 Å². The first kappa shape index (κ1) is 49.9. The first-order chi connectivity index (χ1) is 26.4. The van der Waals surface area contributed by atoms with Crippen molar-refractivity contribution in [3.63, 3.8) is 0 Å². The Labute approximate surface area is 331 Å². The molecule has 0 aliphatic carbocycles. The maximum absolute atomic E-state index is 12.6. The molecule has 0 bridgehead atoms. The molecule has 0 spiro atoms. The number of carbonyl (C=O) groups excluding carboxylic acids is 3. The molecule has 1 aromatic heterocycles. The van der Waals surface area contributed by atoms with Crippen molar-refractivity contribution >= 4 is 50.0 Å². The van der Waals surface area contributed by atoms with Crippen LogP contribution in [0.4, 0.5) is 16.4 Å². The summed E-state index contributed by atoms with van der Waals surface area (Å²) >= 11 is 1.01. The zero-order valence-electron chi connectivity index (χ0n) is 33.8. The van der Waals surface area contributed by atoms with Gasteiger partial charge < -0.3 is 33.1 Å². The highest BCUT2D eigenvalue weighted by Gasteiger charge is 2.26. The molecule has 0 amide bonds. The van der Waals surface area contributed by atoms with Crippen molar-refractivity contribution in [3.8, 4) is 0 Å². The van der Waals surface area contributed by atoms with E-state index in [1.165, 1.54) is 19.4 Å². The van der Waals surface area contributed by atoms with E-state index in [0.29, 0.717) is 75.5 Å². The fourth-order valence-electron chi connectivity index (χ4n) is 5.80. The number of anilines is 1. The van der Waals surface area contributed by atoms with E-state index in [4.69, 9.17) is 33.3 Å². The largest absolute Gasteiger partial charge is 0.462 e. The minimum Gasteiger partial charge on any atom is -0.462 e. The van der Waals surface area contributed by atoms with Gasteiger partial charge in [-0.3, -0.25) is 4.55 Å². The SMILES string of the molecule is CCCC[N+](CC)(CC)CCOCCOCCOCCOCCN(CC)c1ccc(N=Nc2sc(C(=O)OCC)c(CS(=O)(=O)O)c2CC)c(C)c1.O=C=O. The summed E-state index contributed by atoms with van der Waals surface area (Å²) in [7, 11) is -4.38. The second kappa shape index (κ2) is 28.3. The van der Waals surface area contributed by atoms with Gasteiger partial charge in [-0.1, -0.05) is 20.3 Å². The monoisotopic (exact) mass is 815 g/mol. The molecule has 15 nitrogen and oxygen atoms in total. The van der Waals surface area contributed by atoms with Gasteiger partial charge in [-0.05, 0) is 76.8 Å². The average Bonchev–Trinajstić information content (AvgIpc) is 3.50. The molecule has 0 unspecified atom stereocenters. The number of ether oxygens (including phenoxy) is 5. The Morgan fingerprint density at radius 3 is 1.93 bits per heavy atom. The molecule has 2 rings (SSSR count). The van der Waals surface area contributed by atoms with Crippen molar-refractivity contribution in [2.75, 3.05) is 104 Å². The number of quaternary nitrogens is 1. The maximum Gasteiger partial charge on any atom is 0.373 e. The van der Waals surface area contributed by atoms with E-state index in [2.05, 4.69) is 42.8 Å². The molecule has 0 atom stereocenters. The molecule has 0 aliphatic rings. The number of rotatable bonds is 29. The van der Waals surface area contributed by atoms with Gasteiger partial charge in [0.25, 0.3) is 10.1 Å². The number of esters is 1. The van der Waals surface area contributed by atoms with Crippen LogP contribution in [0.3, 0.4) is 0 Å². The fourth-order valence-corrected chi connectivity index (χ4v) is 7.70. The van der Waals surface area contributed by atoms with Crippen LogP contribution in [0.25, 0.3) is 0 Å². The number of nitrogens with zero attached hydrogens (tertiary/aromatic N) is 4. The van der Waals surface area contributed by atoms with Crippen LogP contribution in [0.5, 0.6) is 0 Å². The lowest BCUT2D eigenvalue weighted by atomic mass is 10.1. The fraction of sp³-hybridized carbons (Fsp3) is 0.684. The third kappa shape index (κ3) is 19.1. The predicted octanol–water partition coefficient (Wildman–Crippen LogP) is 6.56. The lowest BCUT2D eigenvalue weighted by molar-refractivity contribution is -0.925. The summed E-state index contributed by atoms with van der Waals surface area (Å²) in [6, 6.07) is 5.88. The van der Waals surface area contributed by atoms with Gasteiger partial charge in [-0.15, -0.1) is 21.6 Å². The molecule has 1 N–H and O–H groups in total. The maximum atomic E-state index is 12.6. The lowest BCUT2D eigenvalue weighted by Gasteiger charge is -2.36. The van der Waals surface area contributed by atoms with Gasteiger partial charge in [0.15, 0.2) is 0 Å². The minimum atomic E-state index is -4.38. The number of benzene rings is 1. The van der Waals surface area contributed by atoms with E-state index in [1.54, 1.807) is 6.92 Å². The highest BCUT2D eigenvalue weighted by Crippen LogP contribution is 2.39. The van der Waals surface area contributed by atoms with Gasteiger partial charge in [-0.2, -0.15) is 18.0 Å².